The Morgan fingerprint density at radius 1 is 1.02 bits per heavy atom. The van der Waals surface area contributed by atoms with Gasteiger partial charge >= 0.3 is 6.03 Å². The predicted octanol–water partition coefficient (Wildman–Crippen LogP) is 2.54. The number of aliphatic hydroxyl groups excluding tert-OH is 1. The van der Waals surface area contributed by atoms with Gasteiger partial charge in [0.1, 0.15) is 6.23 Å². The van der Waals surface area contributed by atoms with Crippen LogP contribution in [0.25, 0.3) is 0 Å². The molecule has 1 aliphatic heterocycles. The Hall–Kier alpha value is -3.31. The maximum Gasteiger partial charge on any atom is 0.315 e. The largest absolute Gasteiger partial charge is 0.376 e. The first kappa shape index (κ1) is 35.5. The summed E-state index contributed by atoms with van der Waals surface area (Å²) < 4.78 is 0. The van der Waals surface area contributed by atoms with Crippen LogP contribution in [-0.2, 0) is 25.6 Å². The number of aliphatic hydroxyl groups is 1. The number of aryl methyl sites for hydroxylation is 1. The number of hydrogen-bond acceptors (Lipinski definition) is 7. The fourth-order valence-corrected chi connectivity index (χ4v) is 7.18. The van der Waals surface area contributed by atoms with Gasteiger partial charge in [0.05, 0.1) is 24.2 Å². The molecule has 6 N–H and O–H groups in total. The number of ketones is 2. The van der Waals surface area contributed by atoms with Crippen LogP contribution in [0.4, 0.5) is 4.79 Å². The van der Waals surface area contributed by atoms with Crippen molar-refractivity contribution in [1.29, 1.82) is 0 Å². The average Bonchev–Trinajstić information content (AvgIpc) is 3.83. The minimum Gasteiger partial charge on any atom is -0.376 e. The lowest BCUT2D eigenvalue weighted by atomic mass is 9.84. The number of nitrogens with two attached hydrogens (primary N) is 1. The average molecular weight is 640 g/mol. The van der Waals surface area contributed by atoms with E-state index >= 15 is 0 Å². The SMILES string of the molecule is CC(C)[C@H](NC(=O)N[C@H](C(O)N1C[C@H]2C([C@H]1C(=O)NC(CC1CC1)C(=O)C(N)=O)C2(C)C)C(C)(C)C)C(=O)CCc1ccccc1. The number of rotatable bonds is 15. The number of hydrogen-bond donors (Lipinski definition) is 5. The number of likely N-dealkylation sites (tertiary alicyclic amines) is 1. The molecule has 2 saturated carbocycles. The maximum atomic E-state index is 13.9. The van der Waals surface area contributed by atoms with E-state index in [0.717, 1.165) is 18.4 Å². The number of primary amides is 1. The van der Waals surface area contributed by atoms with Gasteiger partial charge in [-0.3, -0.25) is 24.1 Å². The number of benzene rings is 1. The summed E-state index contributed by atoms with van der Waals surface area (Å²) in [7, 11) is 0. The Kier molecular flexibility index (Phi) is 10.7. The molecule has 0 bridgehead atoms. The monoisotopic (exact) mass is 639 g/mol. The number of amides is 4. The highest BCUT2D eigenvalue weighted by molar-refractivity contribution is 6.37. The number of piperidine rings is 1. The molecule has 0 aromatic heterocycles. The summed E-state index contributed by atoms with van der Waals surface area (Å²) in [6.45, 7) is 14.0. The molecular weight excluding hydrogens is 586 g/mol. The smallest absolute Gasteiger partial charge is 0.315 e. The van der Waals surface area contributed by atoms with Crippen LogP contribution in [0, 0.1) is 34.5 Å². The summed E-state index contributed by atoms with van der Waals surface area (Å²) in [6.07, 6.45) is 1.82. The van der Waals surface area contributed by atoms with Crippen LogP contribution in [-0.4, -0.2) is 76.4 Å². The second kappa shape index (κ2) is 13.8. The number of carbonyl (C=O) groups excluding carboxylic acids is 5. The van der Waals surface area contributed by atoms with Crippen molar-refractivity contribution in [2.24, 2.45) is 40.2 Å². The summed E-state index contributed by atoms with van der Waals surface area (Å²) in [6, 6.07) is 5.82. The van der Waals surface area contributed by atoms with Crippen LogP contribution in [0.15, 0.2) is 30.3 Å². The normalized spacial score (nSPS) is 24.7. The first-order valence-electron chi connectivity index (χ1n) is 16.6. The van der Waals surface area contributed by atoms with E-state index < -0.39 is 59.4 Å². The topological polar surface area (TPSA) is 171 Å². The number of urea groups is 1. The lowest BCUT2D eigenvalue weighted by Crippen LogP contribution is -2.64. The van der Waals surface area contributed by atoms with Gasteiger partial charge in [-0.1, -0.05) is 91.6 Å². The first-order valence-corrected chi connectivity index (χ1v) is 16.6. The molecule has 0 radical (unpaired) electrons. The van der Waals surface area contributed by atoms with Crippen LogP contribution >= 0.6 is 0 Å². The third kappa shape index (κ3) is 8.15. The molecule has 7 atom stereocenters. The molecule has 2 aliphatic carbocycles. The molecule has 3 fully saturated rings. The molecule has 1 aromatic carbocycles. The van der Waals surface area contributed by atoms with Crippen molar-refractivity contribution in [2.75, 3.05) is 6.54 Å². The van der Waals surface area contributed by atoms with Crippen LogP contribution < -0.4 is 21.7 Å². The maximum absolute atomic E-state index is 13.9. The van der Waals surface area contributed by atoms with E-state index in [-0.39, 0.29) is 41.3 Å². The molecule has 46 heavy (non-hydrogen) atoms. The lowest BCUT2D eigenvalue weighted by Gasteiger charge is -2.42. The first-order chi connectivity index (χ1) is 21.4. The van der Waals surface area contributed by atoms with Gasteiger partial charge in [0.25, 0.3) is 5.91 Å². The quantitative estimate of drug-likeness (QED) is 0.184. The summed E-state index contributed by atoms with van der Waals surface area (Å²) in [5.41, 5.74) is 5.57. The third-order valence-electron chi connectivity index (χ3n) is 10.3. The Morgan fingerprint density at radius 3 is 2.20 bits per heavy atom. The zero-order valence-corrected chi connectivity index (χ0v) is 28.3. The van der Waals surface area contributed by atoms with Crippen LogP contribution in [0.2, 0.25) is 0 Å². The lowest BCUT2D eigenvalue weighted by molar-refractivity contribution is -0.141. The Balaban J connectivity index is 1.47. The molecule has 3 unspecified atom stereocenters. The molecule has 1 heterocycles. The zero-order chi connectivity index (χ0) is 34.1. The van der Waals surface area contributed by atoms with Gasteiger partial charge in [0, 0.05) is 13.0 Å². The summed E-state index contributed by atoms with van der Waals surface area (Å²) in [5.74, 6) is -2.24. The van der Waals surface area contributed by atoms with Crippen molar-refractivity contribution in [3.63, 3.8) is 0 Å². The predicted molar refractivity (Wildman–Crippen MR) is 174 cm³/mol. The number of Topliss-reactive ketones (excluding diaryl/α,β-unsaturated/α-hetero) is 2. The highest BCUT2D eigenvalue weighted by atomic mass is 16.3. The van der Waals surface area contributed by atoms with E-state index in [2.05, 4.69) is 29.8 Å². The molecule has 1 aromatic rings. The van der Waals surface area contributed by atoms with Gasteiger partial charge in [0.2, 0.25) is 11.7 Å². The fourth-order valence-electron chi connectivity index (χ4n) is 7.18. The summed E-state index contributed by atoms with van der Waals surface area (Å²) in [4.78, 5) is 66.6. The van der Waals surface area contributed by atoms with Crippen molar-refractivity contribution < 1.29 is 29.1 Å². The second-order valence-corrected chi connectivity index (χ2v) is 15.6. The van der Waals surface area contributed by atoms with Crippen LogP contribution in [0.1, 0.15) is 79.7 Å². The number of nitrogens with one attached hydrogen (secondary N) is 3. The highest BCUT2D eigenvalue weighted by Crippen LogP contribution is 2.65. The van der Waals surface area contributed by atoms with Crippen molar-refractivity contribution >= 4 is 29.4 Å². The van der Waals surface area contributed by atoms with E-state index in [4.69, 9.17) is 5.73 Å². The van der Waals surface area contributed by atoms with Gasteiger partial charge in [-0.15, -0.1) is 0 Å². The minimum absolute atomic E-state index is 0.0746. The van der Waals surface area contributed by atoms with Crippen molar-refractivity contribution in [1.82, 2.24) is 20.9 Å². The van der Waals surface area contributed by atoms with Crippen LogP contribution in [0.3, 0.4) is 0 Å². The molecular formula is C35H53N5O6. The van der Waals surface area contributed by atoms with E-state index in [9.17, 15) is 29.1 Å². The van der Waals surface area contributed by atoms with Gasteiger partial charge in [-0.25, -0.2) is 4.79 Å². The van der Waals surface area contributed by atoms with Gasteiger partial charge in [0.15, 0.2) is 5.78 Å². The molecule has 4 rings (SSSR count). The van der Waals surface area contributed by atoms with Crippen molar-refractivity contribution in [3.05, 3.63) is 35.9 Å². The molecule has 11 heteroatoms. The van der Waals surface area contributed by atoms with Crippen molar-refractivity contribution in [3.8, 4) is 0 Å². The van der Waals surface area contributed by atoms with Crippen molar-refractivity contribution in [2.45, 2.75) is 111 Å². The molecule has 11 nitrogen and oxygen atoms in total. The zero-order valence-electron chi connectivity index (χ0n) is 28.3. The fraction of sp³-hybridized carbons (Fsp3) is 0.686. The Labute approximate surface area is 272 Å². The summed E-state index contributed by atoms with van der Waals surface area (Å²) in [5, 5.41) is 20.4. The summed E-state index contributed by atoms with van der Waals surface area (Å²) >= 11 is 0. The van der Waals surface area contributed by atoms with Gasteiger partial charge in [-0.05, 0) is 52.9 Å². The minimum atomic E-state index is -1.25. The molecule has 3 aliphatic rings. The van der Waals surface area contributed by atoms with Gasteiger partial charge in [-0.2, -0.15) is 0 Å². The second-order valence-electron chi connectivity index (χ2n) is 15.6. The van der Waals surface area contributed by atoms with Gasteiger partial charge < -0.3 is 26.8 Å². The Bertz CT molecular complexity index is 1300. The van der Waals surface area contributed by atoms with E-state index in [1.807, 2.05) is 65.0 Å². The number of nitrogens with zero attached hydrogens (tertiary/aromatic N) is 1. The molecule has 1 saturated heterocycles. The molecule has 254 valence electrons. The van der Waals surface area contributed by atoms with E-state index in [0.29, 0.717) is 19.4 Å². The number of fused-ring (bicyclic) bond motifs is 1. The van der Waals surface area contributed by atoms with Crippen LogP contribution in [0.5, 0.6) is 0 Å². The highest BCUT2D eigenvalue weighted by Gasteiger charge is 2.69. The third-order valence-corrected chi connectivity index (χ3v) is 10.3. The number of carbonyl (C=O) groups is 5. The van der Waals surface area contributed by atoms with E-state index in [1.165, 1.54) is 0 Å². The molecule has 4 amide bonds. The molecule has 0 spiro atoms. The standard InChI is InChI=1S/C35H53N5O6/c1-19(2)26(24(41)16-15-20-11-9-8-10-12-20)38-33(46)39-29(34(3,4)5)32(45)40-18-22-25(35(22,6)7)27(40)31(44)37-23(17-21-13-14-21)28(42)30(36)43/h8-12,19,21-23,25-27,29,32,45H,13-18H2,1-7H3,(H2,36,43)(H,37,44)(H2,38,39,46)/t22-,23?,25?,26-,27-,29+,32?/m0/s1. The van der Waals surface area contributed by atoms with E-state index in [1.54, 1.807) is 4.90 Å². The Morgan fingerprint density at radius 2 is 1.65 bits per heavy atom.